The fraction of sp³-hybridized carbons (Fsp3) is 0.308. The lowest BCUT2D eigenvalue weighted by Crippen LogP contribution is -2.01. The Balaban J connectivity index is 2.46. The van der Waals surface area contributed by atoms with E-state index in [1.807, 2.05) is 23.0 Å². The smallest absolute Gasteiger partial charge is 0.0776 e. The summed E-state index contributed by atoms with van der Waals surface area (Å²) in [6.45, 7) is 4.37. The van der Waals surface area contributed by atoms with Crippen molar-refractivity contribution in [1.82, 2.24) is 9.78 Å². The summed E-state index contributed by atoms with van der Waals surface area (Å²) in [6.07, 6.45) is 1.96. The summed E-state index contributed by atoms with van der Waals surface area (Å²) in [5.41, 5.74) is 3.33. The molecule has 0 aliphatic heterocycles. The van der Waals surface area contributed by atoms with Crippen molar-refractivity contribution in [3.05, 3.63) is 47.8 Å². The summed E-state index contributed by atoms with van der Waals surface area (Å²) in [5.74, 6) is 0.941. The molecule has 1 heterocycles. The van der Waals surface area contributed by atoms with Crippen molar-refractivity contribution in [2.45, 2.75) is 25.6 Å². The van der Waals surface area contributed by atoms with Crippen LogP contribution in [0.15, 0.2) is 36.5 Å². The van der Waals surface area contributed by atoms with E-state index < -0.39 is 0 Å². The van der Waals surface area contributed by atoms with E-state index in [2.05, 4.69) is 37.1 Å². The number of nitrogens with zero attached hydrogens (tertiary/aromatic N) is 2. The minimum absolute atomic E-state index is 0.455. The lowest BCUT2D eigenvalue weighted by Gasteiger charge is -2.12. The Kier molecular flexibility index (Phi) is 3.30. The predicted octanol–water partition coefficient (Wildman–Crippen LogP) is 3.73. The van der Waals surface area contributed by atoms with E-state index in [1.54, 1.807) is 0 Å². The number of para-hydroxylation sites is 1. The summed E-state index contributed by atoms with van der Waals surface area (Å²) >= 11 is 5.75. The third kappa shape index (κ3) is 2.12. The van der Waals surface area contributed by atoms with E-state index in [0.29, 0.717) is 11.8 Å². The van der Waals surface area contributed by atoms with E-state index in [1.165, 1.54) is 5.56 Å². The minimum Gasteiger partial charge on any atom is -0.240 e. The maximum Gasteiger partial charge on any atom is 0.0776 e. The molecule has 0 spiro atoms. The van der Waals surface area contributed by atoms with Crippen LogP contribution in [-0.4, -0.2) is 9.78 Å². The van der Waals surface area contributed by atoms with Crippen LogP contribution in [0.3, 0.4) is 0 Å². The van der Waals surface area contributed by atoms with Gasteiger partial charge in [-0.1, -0.05) is 32.0 Å². The molecule has 0 aliphatic carbocycles. The molecule has 84 valence electrons. The molecule has 0 bridgehead atoms. The van der Waals surface area contributed by atoms with Crippen LogP contribution in [0.1, 0.15) is 31.0 Å². The molecule has 3 heteroatoms. The van der Waals surface area contributed by atoms with Gasteiger partial charge in [0.05, 0.1) is 17.3 Å². The molecule has 1 aromatic heterocycles. The first-order chi connectivity index (χ1) is 7.72. The Morgan fingerprint density at radius 1 is 1.25 bits per heavy atom. The van der Waals surface area contributed by atoms with Gasteiger partial charge in [0.2, 0.25) is 0 Å². The molecule has 0 radical (unpaired) electrons. The molecule has 0 saturated heterocycles. The summed E-state index contributed by atoms with van der Waals surface area (Å²) in [4.78, 5) is 0. The number of hydrogen-bond acceptors (Lipinski definition) is 1. The van der Waals surface area contributed by atoms with E-state index in [-0.39, 0.29) is 0 Å². The molecule has 2 aromatic rings. The first-order valence-corrected chi connectivity index (χ1v) is 5.95. The molecule has 0 aliphatic rings. The Morgan fingerprint density at radius 2 is 2.00 bits per heavy atom. The molecular weight excluding hydrogens is 220 g/mol. The highest BCUT2D eigenvalue weighted by molar-refractivity contribution is 6.16. The molecule has 0 N–H and O–H groups in total. The van der Waals surface area contributed by atoms with Crippen molar-refractivity contribution >= 4 is 11.6 Å². The molecule has 0 amide bonds. The second kappa shape index (κ2) is 4.71. The highest BCUT2D eigenvalue weighted by atomic mass is 35.5. The van der Waals surface area contributed by atoms with E-state index in [9.17, 15) is 0 Å². The molecule has 0 fully saturated rings. The van der Waals surface area contributed by atoms with Gasteiger partial charge in [-0.05, 0) is 23.6 Å². The summed E-state index contributed by atoms with van der Waals surface area (Å²) in [7, 11) is 0. The normalized spacial score (nSPS) is 11.0. The molecule has 0 saturated carbocycles. The first kappa shape index (κ1) is 11.2. The summed E-state index contributed by atoms with van der Waals surface area (Å²) < 4.78 is 1.90. The highest BCUT2D eigenvalue weighted by Gasteiger charge is 2.08. The highest BCUT2D eigenvalue weighted by Crippen LogP contribution is 2.22. The summed E-state index contributed by atoms with van der Waals surface area (Å²) in [6, 6.07) is 10.3. The quantitative estimate of drug-likeness (QED) is 0.740. The van der Waals surface area contributed by atoms with Gasteiger partial charge in [-0.2, -0.15) is 5.10 Å². The van der Waals surface area contributed by atoms with Crippen molar-refractivity contribution in [3.8, 4) is 5.69 Å². The number of alkyl halides is 1. The molecule has 16 heavy (non-hydrogen) atoms. The van der Waals surface area contributed by atoms with Crippen LogP contribution >= 0.6 is 11.6 Å². The maximum absolute atomic E-state index is 5.75. The minimum atomic E-state index is 0.455. The summed E-state index contributed by atoms with van der Waals surface area (Å²) in [5, 5.41) is 4.43. The second-order valence-electron chi connectivity index (χ2n) is 4.10. The molecule has 0 atom stereocenters. The number of aromatic nitrogens is 2. The zero-order valence-electron chi connectivity index (χ0n) is 9.52. The average Bonchev–Trinajstić information content (AvgIpc) is 2.77. The zero-order chi connectivity index (χ0) is 11.5. The van der Waals surface area contributed by atoms with Crippen LogP contribution in [0.2, 0.25) is 0 Å². The standard InChI is InChI=1S/C13H15ClN2/c1-10(2)12-5-3-4-6-13(12)16-8-7-11(9-14)15-16/h3-8,10H,9H2,1-2H3. The van der Waals surface area contributed by atoms with Crippen LogP contribution < -0.4 is 0 Å². The van der Waals surface area contributed by atoms with Crippen LogP contribution in [0, 0.1) is 0 Å². The van der Waals surface area contributed by atoms with Crippen LogP contribution in [0.25, 0.3) is 5.69 Å². The van der Waals surface area contributed by atoms with Gasteiger partial charge >= 0.3 is 0 Å². The number of benzene rings is 1. The molecule has 2 rings (SSSR count). The van der Waals surface area contributed by atoms with E-state index in [4.69, 9.17) is 11.6 Å². The lowest BCUT2D eigenvalue weighted by atomic mass is 10.0. The zero-order valence-corrected chi connectivity index (χ0v) is 10.3. The van der Waals surface area contributed by atoms with E-state index in [0.717, 1.165) is 11.4 Å². The van der Waals surface area contributed by atoms with Crippen LogP contribution in [0.4, 0.5) is 0 Å². The third-order valence-electron chi connectivity index (χ3n) is 2.59. The Bertz CT molecular complexity index is 474. The van der Waals surface area contributed by atoms with Gasteiger partial charge in [0.15, 0.2) is 0 Å². The maximum atomic E-state index is 5.75. The Hall–Kier alpha value is -1.28. The SMILES string of the molecule is CC(C)c1ccccc1-n1ccc(CCl)n1. The van der Waals surface area contributed by atoms with Crippen molar-refractivity contribution < 1.29 is 0 Å². The van der Waals surface area contributed by atoms with Crippen molar-refractivity contribution in [1.29, 1.82) is 0 Å². The third-order valence-corrected chi connectivity index (χ3v) is 2.86. The van der Waals surface area contributed by atoms with Crippen molar-refractivity contribution in [3.63, 3.8) is 0 Å². The lowest BCUT2D eigenvalue weighted by molar-refractivity contribution is 0.800. The predicted molar refractivity (Wildman–Crippen MR) is 67.2 cm³/mol. The Morgan fingerprint density at radius 3 is 2.62 bits per heavy atom. The molecule has 1 aromatic carbocycles. The van der Waals surface area contributed by atoms with Gasteiger partial charge < -0.3 is 0 Å². The average molecular weight is 235 g/mol. The van der Waals surface area contributed by atoms with Gasteiger partial charge in [-0.25, -0.2) is 4.68 Å². The fourth-order valence-electron chi connectivity index (χ4n) is 1.75. The van der Waals surface area contributed by atoms with Crippen molar-refractivity contribution in [2.24, 2.45) is 0 Å². The topological polar surface area (TPSA) is 17.8 Å². The number of hydrogen-bond donors (Lipinski definition) is 0. The largest absolute Gasteiger partial charge is 0.240 e. The van der Waals surface area contributed by atoms with Gasteiger partial charge in [0.25, 0.3) is 0 Å². The monoisotopic (exact) mass is 234 g/mol. The number of rotatable bonds is 3. The van der Waals surface area contributed by atoms with Gasteiger partial charge in [-0.15, -0.1) is 11.6 Å². The molecule has 2 nitrogen and oxygen atoms in total. The van der Waals surface area contributed by atoms with Gasteiger partial charge in [-0.3, -0.25) is 0 Å². The molecule has 0 unspecified atom stereocenters. The van der Waals surface area contributed by atoms with Gasteiger partial charge in [0, 0.05) is 6.20 Å². The van der Waals surface area contributed by atoms with Crippen molar-refractivity contribution in [2.75, 3.05) is 0 Å². The van der Waals surface area contributed by atoms with Crippen LogP contribution in [-0.2, 0) is 5.88 Å². The first-order valence-electron chi connectivity index (χ1n) is 5.42. The van der Waals surface area contributed by atoms with Crippen LogP contribution in [0.5, 0.6) is 0 Å². The second-order valence-corrected chi connectivity index (χ2v) is 4.37. The van der Waals surface area contributed by atoms with Gasteiger partial charge in [0.1, 0.15) is 0 Å². The number of halogens is 1. The van der Waals surface area contributed by atoms with E-state index >= 15 is 0 Å². The molecular formula is C13H15ClN2. The Labute approximate surface area is 101 Å². The fourth-order valence-corrected chi connectivity index (χ4v) is 1.89.